The van der Waals surface area contributed by atoms with Gasteiger partial charge in [0.1, 0.15) is 16.7 Å². The lowest BCUT2D eigenvalue weighted by Crippen LogP contribution is -2.38. The number of carbonyl (C=O) groups excluding carboxylic acids is 1. The normalized spacial score (nSPS) is 16.5. The SMILES string of the molecule is Cc1cnc2c(S(=O)(=O)Oc3cccc4c3CCNC4C(N)=O)cccc2c1. The van der Waals surface area contributed by atoms with Gasteiger partial charge in [-0.3, -0.25) is 9.78 Å². The standard InChI is InChI=1S/C20H19N3O4S/c1-12-10-13-4-2-7-17(18(13)23-11-12)28(25,26)27-16-6-3-5-15-14(16)8-9-22-19(15)20(21)24/h2-7,10-11,19,22H,8-9H2,1H3,(H2,21,24). The molecule has 1 aromatic heterocycles. The van der Waals surface area contributed by atoms with Crippen LogP contribution >= 0.6 is 0 Å². The second-order valence-electron chi connectivity index (χ2n) is 6.74. The summed E-state index contributed by atoms with van der Waals surface area (Å²) in [5.74, 6) is -0.316. The van der Waals surface area contributed by atoms with Gasteiger partial charge in [0.15, 0.2) is 0 Å². The minimum absolute atomic E-state index is 0.00277. The van der Waals surface area contributed by atoms with Crippen LogP contribution in [0.15, 0.2) is 53.6 Å². The molecule has 4 rings (SSSR count). The van der Waals surface area contributed by atoms with E-state index in [-0.39, 0.29) is 10.6 Å². The molecule has 1 aliphatic heterocycles. The zero-order valence-electron chi connectivity index (χ0n) is 15.2. The lowest BCUT2D eigenvalue weighted by Gasteiger charge is -2.26. The fraction of sp³-hybridized carbons (Fsp3) is 0.200. The number of carbonyl (C=O) groups is 1. The molecule has 2 aromatic carbocycles. The number of nitrogens with two attached hydrogens (primary N) is 1. The van der Waals surface area contributed by atoms with Crippen LogP contribution in [0.25, 0.3) is 10.9 Å². The number of hydrogen-bond acceptors (Lipinski definition) is 6. The highest BCUT2D eigenvalue weighted by atomic mass is 32.2. The molecule has 0 fully saturated rings. The first-order valence-corrected chi connectivity index (χ1v) is 10.2. The molecule has 144 valence electrons. The molecule has 1 atom stereocenters. The summed E-state index contributed by atoms with van der Waals surface area (Å²) in [5.41, 5.74) is 8.05. The number of hydrogen-bond donors (Lipinski definition) is 2. The Balaban J connectivity index is 1.78. The van der Waals surface area contributed by atoms with Crippen LogP contribution in [0.4, 0.5) is 0 Å². The number of amides is 1. The number of fused-ring (bicyclic) bond motifs is 2. The fourth-order valence-electron chi connectivity index (χ4n) is 3.51. The van der Waals surface area contributed by atoms with Gasteiger partial charge in [0, 0.05) is 23.7 Å². The van der Waals surface area contributed by atoms with Gasteiger partial charge in [-0.2, -0.15) is 8.42 Å². The van der Waals surface area contributed by atoms with Gasteiger partial charge in [-0.05, 0) is 42.7 Å². The fourth-order valence-corrected chi connectivity index (χ4v) is 4.65. The summed E-state index contributed by atoms with van der Waals surface area (Å²) in [7, 11) is -4.12. The van der Waals surface area contributed by atoms with Crippen LogP contribution in [-0.2, 0) is 21.3 Å². The molecule has 28 heavy (non-hydrogen) atoms. The predicted octanol–water partition coefficient (Wildman–Crippen LogP) is 1.98. The number of benzene rings is 2. The molecule has 3 N–H and O–H groups in total. The van der Waals surface area contributed by atoms with Gasteiger partial charge in [-0.1, -0.05) is 24.3 Å². The van der Waals surface area contributed by atoms with Gasteiger partial charge >= 0.3 is 10.1 Å². The summed E-state index contributed by atoms with van der Waals surface area (Å²) >= 11 is 0. The lowest BCUT2D eigenvalue weighted by atomic mass is 9.93. The first kappa shape index (κ1) is 18.4. The summed E-state index contributed by atoms with van der Waals surface area (Å²) in [4.78, 5) is 16.0. The third-order valence-corrected chi connectivity index (χ3v) is 6.03. The van der Waals surface area contributed by atoms with Crippen LogP contribution < -0.4 is 15.2 Å². The Morgan fingerprint density at radius 3 is 2.82 bits per heavy atom. The van der Waals surface area contributed by atoms with Crippen molar-refractivity contribution in [3.63, 3.8) is 0 Å². The monoisotopic (exact) mass is 397 g/mol. The molecule has 8 heteroatoms. The molecular formula is C20H19N3O4S. The number of rotatable bonds is 4. The Labute approximate surface area is 162 Å². The van der Waals surface area contributed by atoms with E-state index < -0.39 is 22.1 Å². The molecule has 3 aromatic rings. The summed E-state index contributed by atoms with van der Waals surface area (Å²) in [5, 5.41) is 3.76. The van der Waals surface area contributed by atoms with E-state index in [2.05, 4.69) is 10.3 Å². The minimum Gasteiger partial charge on any atom is -0.379 e. The van der Waals surface area contributed by atoms with Crippen molar-refractivity contribution in [2.24, 2.45) is 5.73 Å². The van der Waals surface area contributed by atoms with Crippen LogP contribution in [-0.4, -0.2) is 25.9 Å². The Kier molecular flexibility index (Phi) is 4.52. The van der Waals surface area contributed by atoms with Gasteiger partial charge in [-0.15, -0.1) is 0 Å². The van der Waals surface area contributed by atoms with E-state index in [9.17, 15) is 13.2 Å². The number of aryl methyl sites for hydroxylation is 1. The summed E-state index contributed by atoms with van der Waals surface area (Å²) < 4.78 is 31.6. The van der Waals surface area contributed by atoms with E-state index in [1.165, 1.54) is 6.07 Å². The Hall–Kier alpha value is -2.97. The summed E-state index contributed by atoms with van der Waals surface area (Å²) in [6.07, 6.45) is 2.15. The minimum atomic E-state index is -4.12. The van der Waals surface area contributed by atoms with Crippen LogP contribution in [0.5, 0.6) is 5.75 Å². The highest BCUT2D eigenvalue weighted by Gasteiger charge is 2.29. The highest BCUT2D eigenvalue weighted by Crippen LogP contribution is 2.33. The summed E-state index contributed by atoms with van der Waals surface area (Å²) in [6, 6.07) is 11.1. The van der Waals surface area contributed by atoms with Gasteiger partial charge in [0.2, 0.25) is 5.91 Å². The molecule has 1 amide bonds. The van der Waals surface area contributed by atoms with E-state index in [1.807, 2.05) is 19.1 Å². The second-order valence-corrected chi connectivity index (χ2v) is 8.26. The Bertz CT molecular complexity index is 1190. The van der Waals surface area contributed by atoms with Gasteiger partial charge in [0.25, 0.3) is 0 Å². The van der Waals surface area contributed by atoms with Crippen molar-refractivity contribution in [3.8, 4) is 5.75 Å². The molecule has 0 bridgehead atoms. The number of aromatic nitrogens is 1. The third kappa shape index (κ3) is 3.21. The van der Waals surface area contributed by atoms with Crippen molar-refractivity contribution in [1.82, 2.24) is 10.3 Å². The lowest BCUT2D eigenvalue weighted by molar-refractivity contribution is -0.120. The zero-order chi connectivity index (χ0) is 19.9. The van der Waals surface area contributed by atoms with E-state index in [4.69, 9.17) is 9.92 Å². The number of nitrogens with zero attached hydrogens (tertiary/aromatic N) is 1. The predicted molar refractivity (Wildman–Crippen MR) is 104 cm³/mol. The van der Waals surface area contributed by atoms with Crippen molar-refractivity contribution < 1.29 is 17.4 Å². The maximum absolute atomic E-state index is 13.0. The first-order chi connectivity index (χ1) is 13.4. The summed E-state index contributed by atoms with van der Waals surface area (Å²) in [6.45, 7) is 2.39. The van der Waals surface area contributed by atoms with Crippen molar-refractivity contribution in [1.29, 1.82) is 0 Å². The number of pyridine rings is 1. The molecule has 0 aliphatic carbocycles. The quantitative estimate of drug-likeness (QED) is 0.651. The third-order valence-electron chi connectivity index (χ3n) is 4.77. The number of para-hydroxylation sites is 1. The van der Waals surface area contributed by atoms with Crippen LogP contribution in [0.3, 0.4) is 0 Å². The average Bonchev–Trinajstić information content (AvgIpc) is 2.66. The van der Waals surface area contributed by atoms with E-state index in [1.54, 1.807) is 30.5 Å². The highest BCUT2D eigenvalue weighted by molar-refractivity contribution is 7.87. The van der Waals surface area contributed by atoms with Gasteiger partial charge in [-0.25, -0.2) is 0 Å². The number of primary amides is 1. The second kappa shape index (κ2) is 6.88. The Morgan fingerprint density at radius 2 is 2.04 bits per heavy atom. The van der Waals surface area contributed by atoms with Gasteiger partial charge in [0.05, 0.1) is 5.52 Å². The van der Waals surface area contributed by atoms with Crippen LogP contribution in [0.2, 0.25) is 0 Å². The van der Waals surface area contributed by atoms with E-state index in [0.717, 1.165) is 10.9 Å². The van der Waals surface area contributed by atoms with E-state index in [0.29, 0.717) is 29.6 Å². The van der Waals surface area contributed by atoms with Crippen molar-refractivity contribution in [2.45, 2.75) is 24.3 Å². The average molecular weight is 397 g/mol. The van der Waals surface area contributed by atoms with Crippen molar-refractivity contribution in [2.75, 3.05) is 6.54 Å². The molecular weight excluding hydrogens is 378 g/mol. The molecule has 0 radical (unpaired) electrons. The molecule has 0 saturated heterocycles. The Morgan fingerprint density at radius 1 is 1.25 bits per heavy atom. The topological polar surface area (TPSA) is 111 Å². The van der Waals surface area contributed by atoms with Crippen LogP contribution in [0, 0.1) is 6.92 Å². The van der Waals surface area contributed by atoms with Crippen molar-refractivity contribution >= 4 is 26.9 Å². The molecule has 7 nitrogen and oxygen atoms in total. The van der Waals surface area contributed by atoms with Crippen LogP contribution in [0.1, 0.15) is 22.7 Å². The maximum Gasteiger partial charge on any atom is 0.341 e. The zero-order valence-corrected chi connectivity index (χ0v) is 16.0. The molecule has 1 unspecified atom stereocenters. The van der Waals surface area contributed by atoms with E-state index >= 15 is 0 Å². The van der Waals surface area contributed by atoms with Gasteiger partial charge < -0.3 is 15.2 Å². The largest absolute Gasteiger partial charge is 0.379 e. The molecule has 1 aliphatic rings. The molecule has 2 heterocycles. The molecule has 0 saturated carbocycles. The smallest absolute Gasteiger partial charge is 0.341 e. The first-order valence-electron chi connectivity index (χ1n) is 8.81. The molecule has 0 spiro atoms. The maximum atomic E-state index is 13.0. The number of nitrogens with one attached hydrogen (secondary N) is 1. The van der Waals surface area contributed by atoms with Crippen molar-refractivity contribution in [3.05, 3.63) is 65.4 Å².